The molecule has 0 aromatic heterocycles. The molecule has 5 heteroatoms. The van der Waals surface area contributed by atoms with Crippen LogP contribution in [0.1, 0.15) is 220 Å². The van der Waals surface area contributed by atoms with Gasteiger partial charge in [0.2, 0.25) is 0 Å². The normalized spacial score (nSPS) is 11.7. The lowest BCUT2D eigenvalue weighted by molar-refractivity contribution is -0.150. The molecule has 0 atom stereocenters. The summed E-state index contributed by atoms with van der Waals surface area (Å²) in [7, 11) is 2.26. The van der Waals surface area contributed by atoms with E-state index < -0.39 is 0 Å². The molecular formula is C43H83NO4. The molecular weight excluding hydrogens is 594 g/mol. The van der Waals surface area contributed by atoms with Gasteiger partial charge in [0.15, 0.2) is 0 Å². The van der Waals surface area contributed by atoms with Gasteiger partial charge in [-0.1, -0.05) is 155 Å². The van der Waals surface area contributed by atoms with Crippen molar-refractivity contribution < 1.29 is 19.1 Å². The fourth-order valence-corrected chi connectivity index (χ4v) is 6.39. The maximum atomic E-state index is 12.6. The number of carbonyl (C=O) groups excluding carboxylic acids is 2. The first-order chi connectivity index (χ1) is 23.5. The minimum Gasteiger partial charge on any atom is -0.463 e. The monoisotopic (exact) mass is 678 g/mol. The zero-order valence-corrected chi connectivity index (χ0v) is 32.9. The molecule has 0 fully saturated rings. The van der Waals surface area contributed by atoms with E-state index in [1.165, 1.54) is 148 Å². The summed E-state index contributed by atoms with van der Waals surface area (Å²) in [4.78, 5) is 26.7. The summed E-state index contributed by atoms with van der Waals surface area (Å²) in [6.07, 6.45) is 41.0. The van der Waals surface area contributed by atoms with E-state index >= 15 is 0 Å². The van der Waals surface area contributed by atoms with Gasteiger partial charge in [0, 0.05) is 12.5 Å². The molecule has 284 valence electrons. The predicted molar refractivity (Wildman–Crippen MR) is 208 cm³/mol. The number of allylic oxidation sites excluding steroid dienone is 1. The zero-order chi connectivity index (χ0) is 35.2. The maximum Gasteiger partial charge on any atom is 0.330 e. The number of hydrogen-bond donors (Lipinski definition) is 0. The van der Waals surface area contributed by atoms with Gasteiger partial charge in [-0.2, -0.15) is 0 Å². The summed E-state index contributed by atoms with van der Waals surface area (Å²) in [6.45, 7) is 9.61. The Bertz CT molecular complexity index is 693. The van der Waals surface area contributed by atoms with Crippen molar-refractivity contribution in [3.05, 3.63) is 12.2 Å². The molecule has 5 nitrogen and oxygen atoms in total. The van der Waals surface area contributed by atoms with Gasteiger partial charge in [-0.3, -0.25) is 4.79 Å². The summed E-state index contributed by atoms with van der Waals surface area (Å²) >= 11 is 0. The fraction of sp³-hybridized carbons (Fsp3) is 0.907. The number of esters is 2. The lowest BCUT2D eigenvalue weighted by Gasteiger charge is -2.18. The minimum absolute atomic E-state index is 0.0425. The molecule has 0 rings (SSSR count). The topological polar surface area (TPSA) is 55.8 Å². The van der Waals surface area contributed by atoms with Gasteiger partial charge >= 0.3 is 11.9 Å². The Labute approximate surface area is 300 Å². The van der Waals surface area contributed by atoms with Crippen LogP contribution in [-0.4, -0.2) is 49.7 Å². The Kier molecular flexibility index (Phi) is 37.4. The molecule has 0 aromatic carbocycles. The summed E-state index contributed by atoms with van der Waals surface area (Å²) in [6, 6.07) is 0. The molecule has 0 aromatic rings. The van der Waals surface area contributed by atoms with Gasteiger partial charge in [0.1, 0.15) is 6.10 Å². The van der Waals surface area contributed by atoms with Crippen molar-refractivity contribution in [2.75, 3.05) is 26.7 Å². The van der Waals surface area contributed by atoms with Crippen molar-refractivity contribution in [2.45, 2.75) is 226 Å². The van der Waals surface area contributed by atoms with Crippen molar-refractivity contribution in [3.63, 3.8) is 0 Å². The molecule has 0 saturated heterocycles. The first-order valence-corrected chi connectivity index (χ1v) is 21.2. The van der Waals surface area contributed by atoms with Crippen LogP contribution in [-0.2, 0) is 19.1 Å². The highest BCUT2D eigenvalue weighted by Crippen LogP contribution is 2.18. The summed E-state index contributed by atoms with van der Waals surface area (Å²) in [5.74, 6) is -0.147. The number of hydrogen-bond acceptors (Lipinski definition) is 5. The Balaban J connectivity index is 3.75. The molecule has 0 aliphatic carbocycles. The van der Waals surface area contributed by atoms with Gasteiger partial charge in [0.25, 0.3) is 0 Å². The summed E-state index contributed by atoms with van der Waals surface area (Å²) in [5.41, 5.74) is 0. The molecule has 0 saturated carbocycles. The van der Waals surface area contributed by atoms with E-state index in [0.29, 0.717) is 13.0 Å². The van der Waals surface area contributed by atoms with Crippen LogP contribution in [0.5, 0.6) is 0 Å². The Hall–Kier alpha value is -1.36. The lowest BCUT2D eigenvalue weighted by atomic mass is 10.0. The molecule has 0 N–H and O–H groups in total. The van der Waals surface area contributed by atoms with E-state index in [2.05, 4.69) is 32.7 Å². The predicted octanol–water partition coefficient (Wildman–Crippen LogP) is 13.1. The number of unbranched alkanes of at least 4 members (excludes halogenated alkanes) is 23. The van der Waals surface area contributed by atoms with Crippen molar-refractivity contribution in [1.82, 2.24) is 4.90 Å². The zero-order valence-electron chi connectivity index (χ0n) is 32.9. The molecule has 0 radical (unpaired) electrons. The van der Waals surface area contributed by atoms with Crippen molar-refractivity contribution in [3.8, 4) is 0 Å². The average molecular weight is 678 g/mol. The van der Waals surface area contributed by atoms with Gasteiger partial charge in [-0.05, 0) is 84.3 Å². The highest BCUT2D eigenvalue weighted by molar-refractivity contribution is 5.81. The Morgan fingerprint density at radius 3 is 1.52 bits per heavy atom. The van der Waals surface area contributed by atoms with Crippen LogP contribution >= 0.6 is 0 Å². The fourth-order valence-electron chi connectivity index (χ4n) is 6.39. The van der Waals surface area contributed by atoms with E-state index in [1.807, 2.05) is 6.08 Å². The Morgan fingerprint density at radius 1 is 0.542 bits per heavy atom. The van der Waals surface area contributed by atoms with E-state index in [4.69, 9.17) is 9.47 Å². The van der Waals surface area contributed by atoms with E-state index in [0.717, 1.165) is 57.8 Å². The number of ether oxygens (including phenoxy) is 2. The second kappa shape index (κ2) is 38.4. The van der Waals surface area contributed by atoms with Crippen LogP contribution in [0.15, 0.2) is 12.2 Å². The van der Waals surface area contributed by atoms with Crippen molar-refractivity contribution in [1.29, 1.82) is 0 Å². The van der Waals surface area contributed by atoms with Crippen molar-refractivity contribution >= 4 is 11.9 Å². The third-order valence-corrected chi connectivity index (χ3v) is 9.63. The molecule has 0 aliphatic heterocycles. The van der Waals surface area contributed by atoms with Gasteiger partial charge in [0.05, 0.1) is 6.61 Å². The number of rotatable bonds is 38. The first-order valence-electron chi connectivity index (χ1n) is 21.2. The molecule has 0 heterocycles. The quantitative estimate of drug-likeness (QED) is 0.0370. The van der Waals surface area contributed by atoms with Gasteiger partial charge < -0.3 is 14.4 Å². The largest absolute Gasteiger partial charge is 0.463 e. The molecule has 0 spiro atoms. The van der Waals surface area contributed by atoms with Gasteiger partial charge in [-0.15, -0.1) is 0 Å². The average Bonchev–Trinajstić information content (AvgIpc) is 3.08. The van der Waals surface area contributed by atoms with Crippen molar-refractivity contribution in [2.24, 2.45) is 0 Å². The summed E-state index contributed by atoms with van der Waals surface area (Å²) in [5, 5.41) is 0. The Morgan fingerprint density at radius 2 is 0.979 bits per heavy atom. The molecule has 0 unspecified atom stereocenters. The van der Waals surface area contributed by atoms with E-state index in [1.54, 1.807) is 6.08 Å². The van der Waals surface area contributed by atoms with Crippen LogP contribution in [0.25, 0.3) is 0 Å². The third kappa shape index (κ3) is 35.9. The molecule has 0 bridgehead atoms. The number of carbonyl (C=O) groups is 2. The highest BCUT2D eigenvalue weighted by Gasteiger charge is 2.14. The molecule has 0 aliphatic rings. The lowest BCUT2D eigenvalue weighted by Crippen LogP contribution is -2.20. The second-order valence-corrected chi connectivity index (χ2v) is 14.6. The first kappa shape index (κ1) is 46.6. The van der Waals surface area contributed by atoms with E-state index in [9.17, 15) is 9.59 Å². The van der Waals surface area contributed by atoms with Crippen LogP contribution in [0.2, 0.25) is 0 Å². The summed E-state index contributed by atoms with van der Waals surface area (Å²) < 4.78 is 11.2. The van der Waals surface area contributed by atoms with Gasteiger partial charge in [-0.25, -0.2) is 4.79 Å². The number of nitrogens with zero attached hydrogens (tertiary/aromatic N) is 1. The van der Waals surface area contributed by atoms with Crippen LogP contribution in [0.4, 0.5) is 0 Å². The SMILES string of the molecule is CCCCCCCCC(CCCCCCCC)OC(=O)CCCCCCCN(C)CCCCCCCCCC=CC(=O)OCCCCC. The molecule has 48 heavy (non-hydrogen) atoms. The minimum atomic E-state index is -0.189. The smallest absolute Gasteiger partial charge is 0.330 e. The van der Waals surface area contributed by atoms with E-state index in [-0.39, 0.29) is 18.0 Å². The third-order valence-electron chi connectivity index (χ3n) is 9.63. The van der Waals surface area contributed by atoms with Crippen LogP contribution in [0, 0.1) is 0 Å². The van der Waals surface area contributed by atoms with Crippen LogP contribution < -0.4 is 0 Å². The molecule has 0 amide bonds. The highest BCUT2D eigenvalue weighted by atomic mass is 16.5. The standard InChI is InChI=1S/C43H83NO4/c1-5-8-11-13-21-27-34-41(35-28-22-14-12-9-6-2)48-43(46)37-30-24-20-26-32-39-44(4)38-31-25-19-17-15-16-18-23-29-36-42(45)47-40-33-10-7-3/h29,36,41H,5-28,30-35,37-40H2,1-4H3. The maximum absolute atomic E-state index is 12.6. The second-order valence-electron chi connectivity index (χ2n) is 14.6. The van der Waals surface area contributed by atoms with Crippen LogP contribution in [0.3, 0.4) is 0 Å².